The van der Waals surface area contributed by atoms with Gasteiger partial charge in [-0.25, -0.2) is 0 Å². The summed E-state index contributed by atoms with van der Waals surface area (Å²) in [6.45, 7) is 8.71. The third-order valence-corrected chi connectivity index (χ3v) is 5.59. The zero-order valence-electron chi connectivity index (χ0n) is 20.2. The Kier molecular flexibility index (Phi) is 9.36. The first kappa shape index (κ1) is 25.9. The maximum atomic E-state index is 12.7. The lowest BCUT2D eigenvalue weighted by Crippen LogP contribution is -2.42. The molecule has 10 nitrogen and oxygen atoms in total. The van der Waals surface area contributed by atoms with Crippen LogP contribution in [-0.4, -0.2) is 52.2 Å². The Morgan fingerprint density at radius 1 is 0.943 bits per heavy atom. The largest absolute Gasteiger partial charge is 0.490 e. The molecule has 1 heterocycles. The number of hydrogen-bond acceptors (Lipinski definition) is 8. The molecule has 0 fully saturated rings. The Balaban J connectivity index is 1.62. The van der Waals surface area contributed by atoms with Crippen molar-refractivity contribution in [2.24, 2.45) is 0 Å². The van der Waals surface area contributed by atoms with E-state index >= 15 is 0 Å². The zero-order valence-corrected chi connectivity index (χ0v) is 21.0. The zero-order chi connectivity index (χ0) is 25.2. The van der Waals surface area contributed by atoms with E-state index in [1.165, 1.54) is 11.8 Å². The lowest BCUT2D eigenvalue weighted by Gasteiger charge is -2.17. The molecule has 0 atom stereocenters. The maximum Gasteiger partial charge on any atom is 0.269 e. The molecule has 0 aliphatic heterocycles. The van der Waals surface area contributed by atoms with Gasteiger partial charge in [-0.15, -0.1) is 10.2 Å². The molecule has 11 heteroatoms. The Bertz CT molecular complexity index is 1120. The van der Waals surface area contributed by atoms with Crippen molar-refractivity contribution in [3.8, 4) is 22.9 Å². The minimum absolute atomic E-state index is 0.0303. The standard InChI is InChI=1S/C24H29N5O5S/c1-5-32-19-12-17(13-20(33-6-2)22(19)34-7-3)23(31)27-26-21(30)14-35-24-28-25-15-29(24)18-10-8-16(4)9-11-18/h8-13,15H,5-7,14H2,1-4H3,(H,26,30)(H,27,31). The number of aryl methyl sites for hydroxylation is 1. The van der Waals surface area contributed by atoms with E-state index in [4.69, 9.17) is 14.2 Å². The highest BCUT2D eigenvalue weighted by Gasteiger charge is 2.19. The van der Waals surface area contributed by atoms with Gasteiger partial charge in [0.25, 0.3) is 5.91 Å². The van der Waals surface area contributed by atoms with Gasteiger partial charge in [0.15, 0.2) is 16.7 Å². The van der Waals surface area contributed by atoms with E-state index in [2.05, 4.69) is 21.0 Å². The summed E-state index contributed by atoms with van der Waals surface area (Å²) in [4.78, 5) is 25.1. The minimum atomic E-state index is -0.517. The molecular formula is C24H29N5O5S. The predicted molar refractivity (Wildman–Crippen MR) is 132 cm³/mol. The summed E-state index contributed by atoms with van der Waals surface area (Å²) in [5.41, 5.74) is 7.14. The second-order valence-corrected chi connectivity index (χ2v) is 8.15. The summed E-state index contributed by atoms with van der Waals surface area (Å²) < 4.78 is 18.7. The molecule has 0 spiro atoms. The van der Waals surface area contributed by atoms with E-state index in [0.29, 0.717) is 42.2 Å². The van der Waals surface area contributed by atoms with Gasteiger partial charge in [-0.2, -0.15) is 0 Å². The van der Waals surface area contributed by atoms with Crippen LogP contribution in [0.25, 0.3) is 5.69 Å². The molecule has 0 radical (unpaired) electrons. The van der Waals surface area contributed by atoms with Crippen molar-refractivity contribution in [2.75, 3.05) is 25.6 Å². The van der Waals surface area contributed by atoms with Crippen molar-refractivity contribution in [3.05, 3.63) is 53.9 Å². The lowest BCUT2D eigenvalue weighted by atomic mass is 10.1. The van der Waals surface area contributed by atoms with E-state index in [0.717, 1.165) is 11.3 Å². The number of carbonyl (C=O) groups excluding carboxylic acids is 2. The molecule has 0 unspecified atom stereocenters. The Hall–Kier alpha value is -3.73. The van der Waals surface area contributed by atoms with Crippen molar-refractivity contribution in [3.63, 3.8) is 0 Å². The molecule has 2 N–H and O–H groups in total. The van der Waals surface area contributed by atoms with Crippen molar-refractivity contribution >= 4 is 23.6 Å². The fourth-order valence-corrected chi connectivity index (χ4v) is 3.82. The number of carbonyl (C=O) groups is 2. The Morgan fingerprint density at radius 2 is 1.57 bits per heavy atom. The highest BCUT2D eigenvalue weighted by Crippen LogP contribution is 2.39. The molecule has 1 aromatic heterocycles. The van der Waals surface area contributed by atoms with Crippen LogP contribution in [0.4, 0.5) is 0 Å². The summed E-state index contributed by atoms with van der Waals surface area (Å²) in [5, 5.41) is 8.57. The molecule has 186 valence electrons. The van der Waals surface area contributed by atoms with Crippen LogP contribution in [0.1, 0.15) is 36.7 Å². The number of thioether (sulfide) groups is 1. The SMILES string of the molecule is CCOc1cc(C(=O)NNC(=O)CSc2nncn2-c2ccc(C)cc2)cc(OCC)c1OCC. The fourth-order valence-electron chi connectivity index (χ4n) is 3.09. The van der Waals surface area contributed by atoms with Crippen LogP contribution in [0.2, 0.25) is 0 Å². The molecule has 0 bridgehead atoms. The highest BCUT2D eigenvalue weighted by atomic mass is 32.2. The van der Waals surface area contributed by atoms with Crippen molar-refractivity contribution in [1.82, 2.24) is 25.6 Å². The summed E-state index contributed by atoms with van der Waals surface area (Å²) in [6.07, 6.45) is 1.59. The smallest absolute Gasteiger partial charge is 0.269 e. The van der Waals surface area contributed by atoms with Gasteiger partial charge >= 0.3 is 0 Å². The number of ether oxygens (including phenoxy) is 3. The monoisotopic (exact) mass is 499 g/mol. The normalized spacial score (nSPS) is 10.5. The fraction of sp³-hybridized carbons (Fsp3) is 0.333. The van der Waals surface area contributed by atoms with Crippen LogP contribution in [0.3, 0.4) is 0 Å². The van der Waals surface area contributed by atoms with Gasteiger partial charge in [0.1, 0.15) is 6.33 Å². The summed E-state index contributed by atoms with van der Waals surface area (Å²) >= 11 is 1.20. The minimum Gasteiger partial charge on any atom is -0.490 e. The summed E-state index contributed by atoms with van der Waals surface area (Å²) in [6, 6.07) is 11.0. The first-order valence-corrected chi connectivity index (χ1v) is 12.2. The maximum absolute atomic E-state index is 12.7. The molecule has 0 saturated carbocycles. The highest BCUT2D eigenvalue weighted by molar-refractivity contribution is 7.99. The first-order valence-electron chi connectivity index (χ1n) is 11.2. The second kappa shape index (κ2) is 12.7. The lowest BCUT2D eigenvalue weighted by molar-refractivity contribution is -0.119. The summed E-state index contributed by atoms with van der Waals surface area (Å²) in [5.74, 6) is 0.332. The number of hydrazine groups is 1. The third kappa shape index (κ3) is 6.89. The third-order valence-electron chi connectivity index (χ3n) is 4.65. The van der Waals surface area contributed by atoms with Gasteiger partial charge in [-0.3, -0.25) is 25.0 Å². The second-order valence-electron chi connectivity index (χ2n) is 7.21. The van der Waals surface area contributed by atoms with Crippen LogP contribution in [0.15, 0.2) is 47.9 Å². The van der Waals surface area contributed by atoms with E-state index in [-0.39, 0.29) is 11.3 Å². The Labute approximate surface area is 208 Å². The average molecular weight is 500 g/mol. The van der Waals surface area contributed by atoms with Gasteiger partial charge < -0.3 is 14.2 Å². The number of hydrogen-bond donors (Lipinski definition) is 2. The molecular weight excluding hydrogens is 470 g/mol. The number of rotatable bonds is 11. The number of benzene rings is 2. The first-order chi connectivity index (χ1) is 17.0. The number of nitrogens with zero attached hydrogens (tertiary/aromatic N) is 3. The molecule has 0 aliphatic rings. The molecule has 0 saturated heterocycles. The van der Waals surface area contributed by atoms with Crippen LogP contribution < -0.4 is 25.1 Å². The van der Waals surface area contributed by atoms with Gasteiger partial charge in [0, 0.05) is 11.3 Å². The average Bonchev–Trinajstić information content (AvgIpc) is 3.32. The Morgan fingerprint density at radius 3 is 2.17 bits per heavy atom. The van der Waals surface area contributed by atoms with Crippen molar-refractivity contribution < 1.29 is 23.8 Å². The van der Waals surface area contributed by atoms with Crippen molar-refractivity contribution in [1.29, 1.82) is 0 Å². The predicted octanol–water partition coefficient (Wildman–Crippen LogP) is 3.33. The molecule has 0 aliphatic carbocycles. The van der Waals surface area contributed by atoms with Crippen LogP contribution in [0, 0.1) is 6.92 Å². The van der Waals surface area contributed by atoms with Gasteiger partial charge in [-0.05, 0) is 52.0 Å². The number of aromatic nitrogens is 3. The van der Waals surface area contributed by atoms with E-state index < -0.39 is 11.8 Å². The van der Waals surface area contributed by atoms with E-state index in [9.17, 15) is 9.59 Å². The van der Waals surface area contributed by atoms with Crippen LogP contribution in [-0.2, 0) is 4.79 Å². The quantitative estimate of drug-likeness (QED) is 0.305. The summed E-state index contributed by atoms with van der Waals surface area (Å²) in [7, 11) is 0. The van der Waals surface area contributed by atoms with Crippen molar-refractivity contribution in [2.45, 2.75) is 32.9 Å². The molecule has 35 heavy (non-hydrogen) atoms. The molecule has 2 amide bonds. The molecule has 2 aromatic carbocycles. The van der Waals surface area contributed by atoms with Gasteiger partial charge in [0.05, 0.1) is 25.6 Å². The van der Waals surface area contributed by atoms with E-state index in [1.54, 1.807) is 23.0 Å². The topological polar surface area (TPSA) is 117 Å². The molecule has 3 rings (SSSR count). The number of nitrogens with one attached hydrogen (secondary N) is 2. The number of amides is 2. The van der Waals surface area contributed by atoms with Crippen LogP contribution in [0.5, 0.6) is 17.2 Å². The molecule has 3 aromatic rings. The van der Waals surface area contributed by atoms with Crippen LogP contribution >= 0.6 is 11.8 Å². The van der Waals surface area contributed by atoms with Gasteiger partial charge in [-0.1, -0.05) is 29.5 Å². The van der Waals surface area contributed by atoms with Gasteiger partial charge in [0.2, 0.25) is 11.7 Å². The van der Waals surface area contributed by atoms with E-state index in [1.807, 2.05) is 52.0 Å².